The molecule has 0 saturated carbocycles. The molecule has 0 N–H and O–H groups in total. The van der Waals surface area contributed by atoms with Crippen molar-refractivity contribution in [3.8, 4) is 0 Å². The van der Waals surface area contributed by atoms with Crippen LogP contribution in [0, 0.1) is 24.5 Å². The van der Waals surface area contributed by atoms with Crippen molar-refractivity contribution in [3.63, 3.8) is 0 Å². The van der Waals surface area contributed by atoms with E-state index < -0.39 is 11.6 Å². The van der Waals surface area contributed by atoms with Gasteiger partial charge in [0.15, 0.2) is 11.6 Å². The van der Waals surface area contributed by atoms with Crippen LogP contribution in [0.3, 0.4) is 0 Å². The topological polar surface area (TPSA) is 0 Å². The van der Waals surface area contributed by atoms with Crippen LogP contribution >= 0.6 is 15.9 Å². The molecule has 0 aliphatic heterocycles. The highest BCUT2D eigenvalue weighted by Crippen LogP contribution is 2.21. The third-order valence-electron chi connectivity index (χ3n) is 2.77. The van der Waals surface area contributed by atoms with Gasteiger partial charge in [-0.2, -0.15) is 0 Å². The lowest BCUT2D eigenvalue weighted by atomic mass is 10.0. The number of rotatable bonds is 4. The molecular formula is C13H17BrF2. The molecule has 0 aliphatic carbocycles. The Morgan fingerprint density at radius 1 is 1.19 bits per heavy atom. The Kier molecular flexibility index (Phi) is 4.90. The molecule has 0 bridgehead atoms. The molecule has 0 amide bonds. The van der Waals surface area contributed by atoms with Gasteiger partial charge in [-0.25, -0.2) is 8.78 Å². The largest absolute Gasteiger partial charge is 0.203 e. The van der Waals surface area contributed by atoms with Crippen LogP contribution in [0.1, 0.15) is 31.4 Å². The van der Waals surface area contributed by atoms with Crippen molar-refractivity contribution in [3.05, 3.63) is 34.9 Å². The standard InChI is InChI=1S/C13H17BrF2/c1-8(2)11(14)7-6-10-5-4-9(3)12(15)13(10)16/h4-5,8,11H,6-7H2,1-3H3. The van der Waals surface area contributed by atoms with E-state index in [2.05, 4.69) is 29.8 Å². The zero-order chi connectivity index (χ0) is 12.3. The van der Waals surface area contributed by atoms with Gasteiger partial charge in [0.1, 0.15) is 0 Å². The first-order valence-corrected chi connectivity index (χ1v) is 6.42. The highest BCUT2D eigenvalue weighted by Gasteiger charge is 2.14. The van der Waals surface area contributed by atoms with Crippen molar-refractivity contribution in [2.45, 2.75) is 38.4 Å². The van der Waals surface area contributed by atoms with Crippen LogP contribution in [-0.4, -0.2) is 4.83 Å². The van der Waals surface area contributed by atoms with Gasteiger partial charge in [0.2, 0.25) is 0 Å². The molecule has 0 saturated heterocycles. The van der Waals surface area contributed by atoms with Gasteiger partial charge in [-0.3, -0.25) is 0 Å². The van der Waals surface area contributed by atoms with Gasteiger partial charge in [-0.1, -0.05) is 41.9 Å². The molecule has 1 rings (SSSR count). The maximum atomic E-state index is 13.5. The molecule has 0 aliphatic rings. The highest BCUT2D eigenvalue weighted by molar-refractivity contribution is 9.09. The summed E-state index contributed by atoms with van der Waals surface area (Å²) in [6.45, 7) is 5.78. The van der Waals surface area contributed by atoms with Crippen LogP contribution in [-0.2, 0) is 6.42 Å². The monoisotopic (exact) mass is 290 g/mol. The Morgan fingerprint density at radius 3 is 2.38 bits per heavy atom. The van der Waals surface area contributed by atoms with Crippen molar-refractivity contribution in [1.82, 2.24) is 0 Å². The predicted molar refractivity (Wildman–Crippen MR) is 67.0 cm³/mol. The molecule has 90 valence electrons. The van der Waals surface area contributed by atoms with Crippen LogP contribution in [0.25, 0.3) is 0 Å². The van der Waals surface area contributed by atoms with Crippen molar-refractivity contribution in [1.29, 1.82) is 0 Å². The Morgan fingerprint density at radius 2 is 1.81 bits per heavy atom. The summed E-state index contributed by atoms with van der Waals surface area (Å²) in [7, 11) is 0. The second-order valence-corrected chi connectivity index (χ2v) is 5.64. The zero-order valence-electron chi connectivity index (χ0n) is 9.86. The summed E-state index contributed by atoms with van der Waals surface area (Å²) in [5.74, 6) is -0.907. The molecule has 0 heterocycles. The lowest BCUT2D eigenvalue weighted by Crippen LogP contribution is -2.09. The lowest BCUT2D eigenvalue weighted by Gasteiger charge is -2.14. The number of aryl methyl sites for hydroxylation is 2. The first-order chi connectivity index (χ1) is 7.43. The van der Waals surface area contributed by atoms with Crippen LogP contribution in [0.4, 0.5) is 8.78 Å². The molecule has 0 nitrogen and oxygen atoms in total. The van der Waals surface area contributed by atoms with Gasteiger partial charge >= 0.3 is 0 Å². The molecule has 16 heavy (non-hydrogen) atoms. The molecule has 0 spiro atoms. The first-order valence-electron chi connectivity index (χ1n) is 5.51. The highest BCUT2D eigenvalue weighted by atomic mass is 79.9. The van der Waals surface area contributed by atoms with Crippen LogP contribution in [0.15, 0.2) is 12.1 Å². The number of hydrogen-bond donors (Lipinski definition) is 0. The van der Waals surface area contributed by atoms with Crippen molar-refractivity contribution in [2.75, 3.05) is 0 Å². The number of halogens is 3. The minimum Gasteiger partial charge on any atom is -0.203 e. The van der Waals surface area contributed by atoms with Gasteiger partial charge in [0, 0.05) is 4.83 Å². The molecule has 1 aromatic rings. The summed E-state index contributed by atoms with van der Waals surface area (Å²) in [5.41, 5.74) is 0.828. The fourth-order valence-electron chi connectivity index (χ4n) is 1.51. The number of hydrogen-bond acceptors (Lipinski definition) is 0. The normalized spacial score (nSPS) is 13.2. The molecular weight excluding hydrogens is 274 g/mol. The molecule has 1 atom stereocenters. The van der Waals surface area contributed by atoms with E-state index in [0.29, 0.717) is 28.3 Å². The Balaban J connectivity index is 2.72. The van der Waals surface area contributed by atoms with Crippen molar-refractivity contribution >= 4 is 15.9 Å². The van der Waals surface area contributed by atoms with Crippen LogP contribution < -0.4 is 0 Å². The van der Waals surface area contributed by atoms with E-state index in [-0.39, 0.29) is 0 Å². The second kappa shape index (κ2) is 5.76. The summed E-state index contributed by atoms with van der Waals surface area (Å²) >= 11 is 3.54. The van der Waals surface area contributed by atoms with Crippen LogP contribution in [0.5, 0.6) is 0 Å². The lowest BCUT2D eigenvalue weighted by molar-refractivity contribution is 0.488. The fourth-order valence-corrected chi connectivity index (χ4v) is 1.73. The molecule has 0 fully saturated rings. The van der Waals surface area contributed by atoms with Gasteiger partial charge in [0.05, 0.1) is 0 Å². The van der Waals surface area contributed by atoms with Gasteiger partial charge in [-0.15, -0.1) is 0 Å². The maximum absolute atomic E-state index is 13.5. The average Bonchev–Trinajstić information content (AvgIpc) is 2.24. The second-order valence-electron chi connectivity index (χ2n) is 4.47. The SMILES string of the molecule is Cc1ccc(CCC(Br)C(C)C)c(F)c1F. The Bertz CT molecular complexity index is 361. The van der Waals surface area contributed by atoms with Crippen molar-refractivity contribution in [2.24, 2.45) is 5.92 Å². The smallest absolute Gasteiger partial charge is 0.162 e. The zero-order valence-corrected chi connectivity index (χ0v) is 11.4. The summed E-state index contributed by atoms with van der Waals surface area (Å²) in [6, 6.07) is 3.31. The summed E-state index contributed by atoms with van der Waals surface area (Å²) in [4.78, 5) is 0.344. The third-order valence-corrected chi connectivity index (χ3v) is 4.28. The predicted octanol–water partition coefficient (Wildman–Crippen LogP) is 4.63. The molecule has 0 radical (unpaired) electrons. The van der Waals surface area contributed by atoms with E-state index in [9.17, 15) is 8.78 Å². The van der Waals surface area contributed by atoms with E-state index in [1.807, 2.05) is 0 Å². The van der Waals surface area contributed by atoms with Gasteiger partial charge in [0.25, 0.3) is 0 Å². The van der Waals surface area contributed by atoms with Crippen molar-refractivity contribution < 1.29 is 8.78 Å². The minimum absolute atomic E-state index is 0.344. The third kappa shape index (κ3) is 3.27. The average molecular weight is 291 g/mol. The number of alkyl halides is 1. The molecule has 1 aromatic carbocycles. The minimum atomic E-state index is -0.715. The van der Waals surface area contributed by atoms with Crippen LogP contribution in [0.2, 0.25) is 0 Å². The van der Waals surface area contributed by atoms with E-state index in [0.717, 1.165) is 6.42 Å². The van der Waals surface area contributed by atoms with E-state index in [1.165, 1.54) is 0 Å². The Hall–Kier alpha value is -0.440. The first kappa shape index (κ1) is 13.6. The van der Waals surface area contributed by atoms with E-state index in [4.69, 9.17) is 0 Å². The summed E-state index contributed by atoms with van der Waals surface area (Å²) < 4.78 is 26.8. The molecule has 0 aromatic heterocycles. The van der Waals surface area contributed by atoms with E-state index in [1.54, 1.807) is 19.1 Å². The molecule has 1 unspecified atom stereocenters. The van der Waals surface area contributed by atoms with Gasteiger partial charge in [-0.05, 0) is 36.8 Å². The Labute approximate surface area is 104 Å². The maximum Gasteiger partial charge on any atom is 0.162 e. The van der Waals surface area contributed by atoms with Gasteiger partial charge < -0.3 is 0 Å². The fraction of sp³-hybridized carbons (Fsp3) is 0.538. The van der Waals surface area contributed by atoms with E-state index >= 15 is 0 Å². The number of benzene rings is 1. The quantitative estimate of drug-likeness (QED) is 0.710. The summed E-state index contributed by atoms with van der Waals surface area (Å²) in [5, 5.41) is 0. The summed E-state index contributed by atoms with van der Waals surface area (Å²) in [6.07, 6.45) is 1.38. The molecule has 3 heteroatoms.